The van der Waals surface area contributed by atoms with E-state index in [0.29, 0.717) is 5.75 Å². The number of carbonyl (C=O) groups is 4. The van der Waals surface area contributed by atoms with Gasteiger partial charge in [0.2, 0.25) is 17.7 Å². The quantitative estimate of drug-likeness (QED) is 0.181. The molecule has 0 spiro atoms. The number of nitrogens with one attached hydrogen (secondary N) is 4. The van der Waals surface area contributed by atoms with Gasteiger partial charge in [-0.2, -0.15) is 11.8 Å². The fraction of sp³-hybridized carbons (Fsp3) is 0.520. The number of amides is 3. The SMILES string of the molecule is CSCCC(NC(=O)C(Cc1c[nH]c2ccccc12)NC(=O)C(N)C(C)O)C(=O)NC(C(=O)O)C(C)C. The predicted octanol–water partition coefficient (Wildman–Crippen LogP) is 0.367. The Morgan fingerprint density at radius 3 is 2.22 bits per heavy atom. The van der Waals surface area contributed by atoms with Crippen LogP contribution in [0.2, 0.25) is 0 Å². The average molecular weight is 536 g/mol. The number of aliphatic hydroxyl groups is 1. The van der Waals surface area contributed by atoms with Crippen LogP contribution in [0.4, 0.5) is 0 Å². The van der Waals surface area contributed by atoms with E-state index in [2.05, 4.69) is 20.9 Å². The highest BCUT2D eigenvalue weighted by Crippen LogP contribution is 2.19. The zero-order valence-electron chi connectivity index (χ0n) is 21.5. The number of fused-ring (bicyclic) bond motifs is 1. The first-order valence-corrected chi connectivity index (χ1v) is 13.5. The van der Waals surface area contributed by atoms with Crippen LogP contribution in [0, 0.1) is 5.92 Å². The molecule has 1 heterocycles. The Balaban J connectivity index is 2.30. The van der Waals surface area contributed by atoms with Crippen molar-refractivity contribution in [3.05, 3.63) is 36.0 Å². The topological polar surface area (TPSA) is 187 Å². The number of aliphatic hydroxyl groups excluding tert-OH is 1. The third-order valence-corrected chi connectivity index (χ3v) is 6.67. The minimum absolute atomic E-state index is 0.0920. The second-order valence-corrected chi connectivity index (χ2v) is 10.3. The molecule has 3 amide bonds. The number of hydrogen-bond acceptors (Lipinski definition) is 7. The summed E-state index contributed by atoms with van der Waals surface area (Å²) in [5, 5.41) is 27.8. The molecular formula is C25H37N5O6S. The number of carboxylic acid groups (broad SMARTS) is 1. The zero-order valence-corrected chi connectivity index (χ0v) is 22.3. The summed E-state index contributed by atoms with van der Waals surface area (Å²) in [5.74, 6) is -2.98. The molecule has 0 aliphatic rings. The van der Waals surface area contributed by atoms with E-state index in [1.165, 1.54) is 18.7 Å². The number of hydrogen-bond donors (Lipinski definition) is 7. The lowest BCUT2D eigenvalue weighted by Gasteiger charge is -2.26. The van der Waals surface area contributed by atoms with Crippen LogP contribution in [0.25, 0.3) is 10.9 Å². The van der Waals surface area contributed by atoms with Gasteiger partial charge in [-0.25, -0.2) is 4.79 Å². The van der Waals surface area contributed by atoms with Crippen LogP contribution in [0.15, 0.2) is 30.5 Å². The summed E-state index contributed by atoms with van der Waals surface area (Å²) in [6, 6.07) is 2.98. The van der Waals surface area contributed by atoms with E-state index in [0.717, 1.165) is 16.5 Å². The molecule has 5 unspecified atom stereocenters. The lowest BCUT2D eigenvalue weighted by atomic mass is 10.0. The van der Waals surface area contributed by atoms with Gasteiger partial charge in [-0.15, -0.1) is 0 Å². The fourth-order valence-electron chi connectivity index (χ4n) is 3.76. The molecule has 12 heteroatoms. The van der Waals surface area contributed by atoms with Crippen molar-refractivity contribution < 1.29 is 29.4 Å². The highest BCUT2D eigenvalue weighted by molar-refractivity contribution is 7.98. The number of carbonyl (C=O) groups excluding carboxylic acids is 3. The molecule has 1 aromatic carbocycles. The van der Waals surface area contributed by atoms with E-state index < -0.39 is 54.0 Å². The monoisotopic (exact) mass is 535 g/mol. The van der Waals surface area contributed by atoms with Crippen LogP contribution in [0.3, 0.4) is 0 Å². The number of para-hydroxylation sites is 1. The third kappa shape index (κ3) is 8.48. The summed E-state index contributed by atoms with van der Waals surface area (Å²) < 4.78 is 0. The first-order valence-electron chi connectivity index (χ1n) is 12.1. The molecule has 5 atom stereocenters. The minimum Gasteiger partial charge on any atom is -0.480 e. The molecule has 2 rings (SSSR count). The number of thioether (sulfide) groups is 1. The lowest BCUT2D eigenvalue weighted by molar-refractivity contribution is -0.143. The number of aromatic amines is 1. The number of H-pyrrole nitrogens is 1. The van der Waals surface area contributed by atoms with E-state index >= 15 is 0 Å². The van der Waals surface area contributed by atoms with E-state index in [4.69, 9.17) is 5.73 Å². The Hall–Kier alpha value is -3.09. The van der Waals surface area contributed by atoms with Crippen molar-refractivity contribution in [2.45, 2.75) is 63.9 Å². The van der Waals surface area contributed by atoms with Crippen LogP contribution >= 0.6 is 11.8 Å². The molecule has 0 saturated carbocycles. The molecule has 0 bridgehead atoms. The van der Waals surface area contributed by atoms with Crippen LogP contribution in [0.5, 0.6) is 0 Å². The first-order chi connectivity index (χ1) is 17.5. The summed E-state index contributed by atoms with van der Waals surface area (Å²) in [6.45, 7) is 4.72. The third-order valence-electron chi connectivity index (χ3n) is 6.03. The molecular weight excluding hydrogens is 498 g/mol. The number of carboxylic acids is 1. The van der Waals surface area contributed by atoms with Crippen LogP contribution in [0.1, 0.15) is 32.8 Å². The van der Waals surface area contributed by atoms with Gasteiger partial charge < -0.3 is 36.9 Å². The molecule has 204 valence electrons. The Kier molecular flexibility index (Phi) is 11.4. The van der Waals surface area contributed by atoms with Gasteiger partial charge in [0, 0.05) is 23.5 Å². The van der Waals surface area contributed by atoms with E-state index in [1.54, 1.807) is 20.0 Å². The average Bonchev–Trinajstić information content (AvgIpc) is 3.25. The smallest absolute Gasteiger partial charge is 0.326 e. The van der Waals surface area contributed by atoms with Gasteiger partial charge in [0.25, 0.3) is 0 Å². The van der Waals surface area contributed by atoms with Crippen molar-refractivity contribution in [2.75, 3.05) is 12.0 Å². The highest BCUT2D eigenvalue weighted by Gasteiger charge is 2.32. The van der Waals surface area contributed by atoms with Crippen LogP contribution in [-0.2, 0) is 25.6 Å². The minimum atomic E-state index is -1.25. The van der Waals surface area contributed by atoms with Crippen LogP contribution < -0.4 is 21.7 Å². The van der Waals surface area contributed by atoms with Gasteiger partial charge >= 0.3 is 5.97 Å². The molecule has 37 heavy (non-hydrogen) atoms. The number of rotatable bonds is 14. The second kappa shape index (κ2) is 14.0. The maximum atomic E-state index is 13.4. The van der Waals surface area contributed by atoms with Crippen molar-refractivity contribution in [3.8, 4) is 0 Å². The van der Waals surface area contributed by atoms with Crippen molar-refractivity contribution in [1.29, 1.82) is 0 Å². The molecule has 0 saturated heterocycles. The molecule has 2 aromatic rings. The van der Waals surface area contributed by atoms with E-state index in [9.17, 15) is 29.4 Å². The normalized spacial score (nSPS) is 15.4. The van der Waals surface area contributed by atoms with Gasteiger partial charge in [0.05, 0.1) is 6.10 Å². The van der Waals surface area contributed by atoms with Crippen LogP contribution in [-0.4, -0.2) is 81.2 Å². The predicted molar refractivity (Wildman–Crippen MR) is 143 cm³/mol. The van der Waals surface area contributed by atoms with Crippen molar-refractivity contribution in [1.82, 2.24) is 20.9 Å². The van der Waals surface area contributed by atoms with E-state index in [-0.39, 0.29) is 18.8 Å². The molecule has 1 aromatic heterocycles. The molecule has 0 radical (unpaired) electrons. The van der Waals surface area contributed by atoms with Gasteiger partial charge in [-0.1, -0.05) is 32.0 Å². The first kappa shape index (κ1) is 30.1. The van der Waals surface area contributed by atoms with Gasteiger partial charge in [-0.05, 0) is 42.9 Å². The number of aliphatic carboxylic acids is 1. The van der Waals surface area contributed by atoms with Gasteiger partial charge in [-0.3, -0.25) is 14.4 Å². The highest BCUT2D eigenvalue weighted by atomic mass is 32.2. The Morgan fingerprint density at radius 2 is 1.62 bits per heavy atom. The maximum Gasteiger partial charge on any atom is 0.326 e. The summed E-state index contributed by atoms with van der Waals surface area (Å²) in [6.07, 6.45) is 2.80. The molecule has 0 aliphatic heterocycles. The molecule has 0 fully saturated rings. The maximum absolute atomic E-state index is 13.4. The van der Waals surface area contributed by atoms with Gasteiger partial charge in [0.1, 0.15) is 24.2 Å². The summed E-state index contributed by atoms with van der Waals surface area (Å²) in [4.78, 5) is 53.8. The van der Waals surface area contributed by atoms with Crippen molar-refractivity contribution in [2.24, 2.45) is 11.7 Å². The number of benzene rings is 1. The largest absolute Gasteiger partial charge is 0.480 e. The molecule has 11 nitrogen and oxygen atoms in total. The van der Waals surface area contributed by atoms with E-state index in [1.807, 2.05) is 30.5 Å². The second-order valence-electron chi connectivity index (χ2n) is 9.30. The molecule has 0 aliphatic carbocycles. The lowest BCUT2D eigenvalue weighted by Crippen LogP contribution is -2.59. The zero-order chi connectivity index (χ0) is 27.7. The van der Waals surface area contributed by atoms with Crippen molar-refractivity contribution in [3.63, 3.8) is 0 Å². The molecule has 8 N–H and O–H groups in total. The number of nitrogens with two attached hydrogens (primary N) is 1. The number of aromatic nitrogens is 1. The Morgan fingerprint density at radius 1 is 1.00 bits per heavy atom. The Labute approximate surface area is 220 Å². The Bertz CT molecular complexity index is 1090. The fourth-order valence-corrected chi connectivity index (χ4v) is 4.23. The summed E-state index contributed by atoms with van der Waals surface area (Å²) in [5.41, 5.74) is 7.39. The summed E-state index contributed by atoms with van der Waals surface area (Å²) in [7, 11) is 0. The standard InChI is InChI=1S/C25H37N5O6S/c1-13(2)21(25(35)36)30-22(32)18(9-10-37-4)28-23(33)19(29-24(34)20(26)14(3)31)11-15-12-27-17-8-6-5-7-16(15)17/h5-8,12-14,18-21,27,31H,9-11,26H2,1-4H3,(H,28,33)(H,29,34)(H,30,32)(H,35,36). The van der Waals surface area contributed by atoms with Crippen molar-refractivity contribution >= 4 is 46.4 Å². The summed E-state index contributed by atoms with van der Waals surface area (Å²) >= 11 is 1.47. The van der Waals surface area contributed by atoms with Gasteiger partial charge in [0.15, 0.2) is 0 Å².